The predicted molar refractivity (Wildman–Crippen MR) is 74.5 cm³/mol. The number of non-ortho nitro benzene ring substituents is 1. The molecule has 22 heavy (non-hydrogen) atoms. The van der Waals surface area contributed by atoms with Crippen LogP contribution >= 0.6 is 0 Å². The zero-order valence-corrected chi connectivity index (χ0v) is 11.1. The van der Waals surface area contributed by atoms with Crippen LogP contribution in [-0.2, 0) is 4.74 Å². The van der Waals surface area contributed by atoms with Crippen molar-refractivity contribution in [3.8, 4) is 0 Å². The Balaban J connectivity index is 1.91. The molecule has 7 heteroatoms. The van der Waals surface area contributed by atoms with Gasteiger partial charge in [0.15, 0.2) is 0 Å². The molecule has 0 aliphatic carbocycles. The molecule has 0 unspecified atom stereocenters. The zero-order chi connectivity index (χ0) is 15.4. The molecule has 0 radical (unpaired) electrons. The largest absolute Gasteiger partial charge is 0.433 e. The van der Waals surface area contributed by atoms with Crippen molar-refractivity contribution in [3.63, 3.8) is 0 Å². The number of carbonyl (C=O) groups is 2. The molecule has 2 aliphatic rings. The number of nitro groups is 1. The number of para-hydroxylation sites is 1. The van der Waals surface area contributed by atoms with Gasteiger partial charge in [0.25, 0.3) is 11.6 Å². The minimum atomic E-state index is -0.870. The van der Waals surface area contributed by atoms with Crippen molar-refractivity contribution < 1.29 is 19.2 Å². The first kappa shape index (κ1) is 12.5. The highest BCUT2D eigenvalue weighted by atomic mass is 16.6. The first-order valence-corrected chi connectivity index (χ1v) is 6.50. The van der Waals surface area contributed by atoms with E-state index >= 15 is 0 Å². The third kappa shape index (κ3) is 1.50. The van der Waals surface area contributed by atoms with E-state index in [0.29, 0.717) is 16.8 Å². The number of fused-ring (bicyclic) bond motifs is 5. The van der Waals surface area contributed by atoms with E-state index in [9.17, 15) is 19.7 Å². The van der Waals surface area contributed by atoms with E-state index in [1.54, 1.807) is 24.3 Å². The number of hydrogen-bond donors (Lipinski definition) is 0. The van der Waals surface area contributed by atoms with Gasteiger partial charge in [-0.2, -0.15) is 0 Å². The van der Waals surface area contributed by atoms with E-state index in [1.807, 2.05) is 0 Å². The maximum absolute atomic E-state index is 12.6. The van der Waals surface area contributed by atoms with Crippen LogP contribution < -0.4 is 4.90 Å². The number of carbonyl (C=O) groups excluding carboxylic acids is 2. The van der Waals surface area contributed by atoms with E-state index in [-0.39, 0.29) is 11.3 Å². The zero-order valence-electron chi connectivity index (χ0n) is 11.1. The van der Waals surface area contributed by atoms with Crippen LogP contribution in [0.3, 0.4) is 0 Å². The van der Waals surface area contributed by atoms with Gasteiger partial charge in [0.05, 0.1) is 21.7 Å². The molecule has 1 atom stereocenters. The molecule has 0 spiro atoms. The van der Waals surface area contributed by atoms with Gasteiger partial charge < -0.3 is 4.74 Å². The highest BCUT2D eigenvalue weighted by Gasteiger charge is 2.45. The second-order valence-corrected chi connectivity index (χ2v) is 4.98. The molecule has 0 saturated carbocycles. The summed E-state index contributed by atoms with van der Waals surface area (Å²) in [5.41, 5.74) is 1.22. The van der Waals surface area contributed by atoms with Gasteiger partial charge in [-0.25, -0.2) is 4.79 Å². The number of nitro benzene ring substituents is 1. The van der Waals surface area contributed by atoms with Crippen molar-refractivity contribution in [1.29, 1.82) is 0 Å². The molecule has 0 bridgehead atoms. The Kier molecular flexibility index (Phi) is 2.35. The molecule has 0 saturated heterocycles. The van der Waals surface area contributed by atoms with Gasteiger partial charge in [-0.15, -0.1) is 0 Å². The Bertz CT molecular complexity index is 861. The smallest absolute Gasteiger partial charge is 0.342 e. The molecule has 4 rings (SSSR count). The van der Waals surface area contributed by atoms with Gasteiger partial charge >= 0.3 is 5.97 Å². The lowest BCUT2D eigenvalue weighted by Gasteiger charge is -2.31. The van der Waals surface area contributed by atoms with Crippen LogP contribution in [0.25, 0.3) is 0 Å². The van der Waals surface area contributed by atoms with Gasteiger partial charge in [-0.3, -0.25) is 19.8 Å². The lowest BCUT2D eigenvalue weighted by Crippen LogP contribution is -2.36. The number of amides is 1. The topological polar surface area (TPSA) is 89.7 Å². The second kappa shape index (κ2) is 4.14. The van der Waals surface area contributed by atoms with Crippen LogP contribution in [0, 0.1) is 10.1 Å². The van der Waals surface area contributed by atoms with Gasteiger partial charge in [0.1, 0.15) is 0 Å². The Morgan fingerprint density at radius 2 is 1.86 bits per heavy atom. The van der Waals surface area contributed by atoms with Crippen LogP contribution in [0.1, 0.15) is 32.5 Å². The molecule has 7 nitrogen and oxygen atoms in total. The quantitative estimate of drug-likeness (QED) is 0.458. The summed E-state index contributed by atoms with van der Waals surface area (Å²) in [6.45, 7) is 0. The van der Waals surface area contributed by atoms with E-state index < -0.39 is 23.0 Å². The first-order chi connectivity index (χ1) is 10.6. The summed E-state index contributed by atoms with van der Waals surface area (Å²) in [4.78, 5) is 36.3. The summed E-state index contributed by atoms with van der Waals surface area (Å²) in [7, 11) is 0. The fourth-order valence-corrected chi connectivity index (χ4v) is 2.81. The summed E-state index contributed by atoms with van der Waals surface area (Å²) in [6, 6.07) is 10.6. The lowest BCUT2D eigenvalue weighted by molar-refractivity contribution is -0.384. The summed E-state index contributed by atoms with van der Waals surface area (Å²) in [6.07, 6.45) is -0.870. The van der Waals surface area contributed by atoms with E-state index in [4.69, 9.17) is 4.74 Å². The molecule has 1 amide bonds. The summed E-state index contributed by atoms with van der Waals surface area (Å²) in [5.74, 6) is -0.931. The normalized spacial score (nSPS) is 18.4. The third-order valence-corrected chi connectivity index (χ3v) is 3.80. The van der Waals surface area contributed by atoms with Gasteiger partial charge in [-0.05, 0) is 18.2 Å². The summed E-state index contributed by atoms with van der Waals surface area (Å²) < 4.78 is 5.33. The van der Waals surface area contributed by atoms with Crippen molar-refractivity contribution in [2.24, 2.45) is 0 Å². The van der Waals surface area contributed by atoms with E-state index in [0.717, 1.165) is 0 Å². The number of hydrogen-bond acceptors (Lipinski definition) is 5. The second-order valence-electron chi connectivity index (χ2n) is 4.98. The standard InChI is InChI=1S/C15H8N2O5/c18-13-11-7-8(17(20)21)5-6-9(11)14-16(13)12-4-2-1-3-10(12)15(19)22-14/h1-7,14H/t14-/m1/s1. The van der Waals surface area contributed by atoms with Crippen molar-refractivity contribution in [3.05, 3.63) is 69.3 Å². The Morgan fingerprint density at radius 1 is 1.09 bits per heavy atom. The Hall–Kier alpha value is -3.22. The van der Waals surface area contributed by atoms with Crippen LogP contribution in [0.15, 0.2) is 42.5 Å². The van der Waals surface area contributed by atoms with Gasteiger partial charge in [0, 0.05) is 17.7 Å². The van der Waals surface area contributed by atoms with Gasteiger partial charge in [0.2, 0.25) is 6.23 Å². The number of esters is 1. The molecule has 0 aromatic heterocycles. The number of ether oxygens (including phenoxy) is 1. The van der Waals surface area contributed by atoms with Crippen molar-refractivity contribution in [2.75, 3.05) is 4.90 Å². The monoisotopic (exact) mass is 296 g/mol. The molecule has 2 aliphatic heterocycles. The third-order valence-electron chi connectivity index (χ3n) is 3.80. The van der Waals surface area contributed by atoms with Crippen LogP contribution in [-0.4, -0.2) is 16.8 Å². The van der Waals surface area contributed by atoms with Crippen LogP contribution in [0.2, 0.25) is 0 Å². The molecule has 2 heterocycles. The Morgan fingerprint density at radius 3 is 2.64 bits per heavy atom. The van der Waals surface area contributed by atoms with E-state index in [1.165, 1.54) is 23.1 Å². The average molecular weight is 296 g/mol. The lowest BCUT2D eigenvalue weighted by atomic mass is 10.1. The number of rotatable bonds is 1. The summed E-state index contributed by atoms with van der Waals surface area (Å²) >= 11 is 0. The van der Waals surface area contributed by atoms with Crippen molar-refractivity contribution >= 4 is 23.3 Å². The molecule has 108 valence electrons. The fourth-order valence-electron chi connectivity index (χ4n) is 2.81. The van der Waals surface area contributed by atoms with Crippen molar-refractivity contribution in [2.45, 2.75) is 6.23 Å². The molecule has 0 fully saturated rings. The average Bonchev–Trinajstić information content (AvgIpc) is 2.80. The fraction of sp³-hybridized carbons (Fsp3) is 0.0667. The highest BCUT2D eigenvalue weighted by molar-refractivity contribution is 6.15. The molecular weight excluding hydrogens is 288 g/mol. The van der Waals surface area contributed by atoms with Crippen LogP contribution in [0.4, 0.5) is 11.4 Å². The van der Waals surface area contributed by atoms with Gasteiger partial charge in [-0.1, -0.05) is 12.1 Å². The number of benzene rings is 2. The van der Waals surface area contributed by atoms with Crippen molar-refractivity contribution in [1.82, 2.24) is 0 Å². The SMILES string of the molecule is O=C1O[C@@H]2c3ccc([N+](=O)[O-])cc3C(=O)N2c2ccccc21. The Labute approximate surface area is 123 Å². The minimum absolute atomic E-state index is 0.174. The van der Waals surface area contributed by atoms with E-state index in [2.05, 4.69) is 0 Å². The highest BCUT2D eigenvalue weighted by Crippen LogP contribution is 2.44. The maximum atomic E-state index is 12.6. The summed E-state index contributed by atoms with van der Waals surface area (Å²) in [5, 5.41) is 10.9. The minimum Gasteiger partial charge on any atom is -0.433 e. The maximum Gasteiger partial charge on any atom is 0.342 e. The molecule has 2 aromatic carbocycles. The molecule has 2 aromatic rings. The van der Waals surface area contributed by atoms with Crippen LogP contribution in [0.5, 0.6) is 0 Å². The molecular formula is C15H8N2O5. The number of nitrogens with zero attached hydrogens (tertiary/aromatic N) is 2. The number of anilines is 1. The molecule has 0 N–H and O–H groups in total. The predicted octanol–water partition coefficient (Wildman–Crippen LogP) is 2.42. The first-order valence-electron chi connectivity index (χ1n) is 6.50.